The first-order valence-corrected chi connectivity index (χ1v) is 7.59. The Hall–Kier alpha value is -0.570. The van der Waals surface area contributed by atoms with Crippen molar-refractivity contribution >= 4 is 11.6 Å². The van der Waals surface area contributed by atoms with Gasteiger partial charge in [0.1, 0.15) is 0 Å². The van der Waals surface area contributed by atoms with Crippen LogP contribution in [0, 0.1) is 5.92 Å². The van der Waals surface area contributed by atoms with Crippen LogP contribution in [0.4, 0.5) is 0 Å². The third kappa shape index (κ3) is 5.94. The molecule has 0 bridgehead atoms. The van der Waals surface area contributed by atoms with Gasteiger partial charge in [0.2, 0.25) is 0 Å². The van der Waals surface area contributed by atoms with Gasteiger partial charge in [-0.25, -0.2) is 0 Å². The SMILES string of the molecule is CCN(CCC(NC)c1ccc(Cl)cc1)CC(C)C. The van der Waals surface area contributed by atoms with Crippen molar-refractivity contribution in [3.63, 3.8) is 0 Å². The molecule has 3 heteroatoms. The van der Waals surface area contributed by atoms with E-state index in [0.29, 0.717) is 6.04 Å². The second-order valence-corrected chi connectivity index (χ2v) is 5.90. The Kier molecular flexibility index (Phi) is 7.44. The van der Waals surface area contributed by atoms with E-state index >= 15 is 0 Å². The highest BCUT2D eigenvalue weighted by Crippen LogP contribution is 2.19. The summed E-state index contributed by atoms with van der Waals surface area (Å²) in [7, 11) is 2.03. The number of benzene rings is 1. The van der Waals surface area contributed by atoms with Crippen molar-refractivity contribution < 1.29 is 0 Å². The van der Waals surface area contributed by atoms with Gasteiger partial charge in [-0.05, 0) is 50.2 Å². The van der Waals surface area contributed by atoms with Crippen LogP contribution in [-0.2, 0) is 0 Å². The molecule has 0 aromatic heterocycles. The van der Waals surface area contributed by atoms with E-state index < -0.39 is 0 Å². The summed E-state index contributed by atoms with van der Waals surface area (Å²) < 4.78 is 0. The van der Waals surface area contributed by atoms with Gasteiger partial charge in [0.25, 0.3) is 0 Å². The monoisotopic (exact) mass is 282 g/mol. The highest BCUT2D eigenvalue weighted by molar-refractivity contribution is 6.30. The summed E-state index contributed by atoms with van der Waals surface area (Å²) in [4.78, 5) is 2.52. The smallest absolute Gasteiger partial charge is 0.0406 e. The highest BCUT2D eigenvalue weighted by atomic mass is 35.5. The molecule has 1 atom stereocenters. The first-order chi connectivity index (χ1) is 9.06. The lowest BCUT2D eigenvalue weighted by Crippen LogP contribution is -2.31. The average molecular weight is 283 g/mol. The van der Waals surface area contributed by atoms with Gasteiger partial charge in [-0.3, -0.25) is 0 Å². The topological polar surface area (TPSA) is 15.3 Å². The zero-order valence-electron chi connectivity index (χ0n) is 12.6. The van der Waals surface area contributed by atoms with Gasteiger partial charge in [0, 0.05) is 17.6 Å². The number of nitrogens with one attached hydrogen (secondary N) is 1. The molecule has 0 aliphatic carbocycles. The molecule has 0 amide bonds. The van der Waals surface area contributed by atoms with Gasteiger partial charge in [0.05, 0.1) is 0 Å². The largest absolute Gasteiger partial charge is 0.313 e. The van der Waals surface area contributed by atoms with Crippen molar-refractivity contribution in [1.82, 2.24) is 10.2 Å². The van der Waals surface area contributed by atoms with Crippen molar-refractivity contribution in [2.24, 2.45) is 5.92 Å². The summed E-state index contributed by atoms with van der Waals surface area (Å²) in [5.41, 5.74) is 1.31. The van der Waals surface area contributed by atoms with E-state index in [0.717, 1.165) is 30.5 Å². The van der Waals surface area contributed by atoms with E-state index in [1.54, 1.807) is 0 Å². The van der Waals surface area contributed by atoms with Crippen LogP contribution in [-0.4, -0.2) is 31.6 Å². The van der Waals surface area contributed by atoms with Crippen LogP contribution >= 0.6 is 11.6 Å². The second-order valence-electron chi connectivity index (χ2n) is 5.47. The Balaban J connectivity index is 2.54. The molecule has 0 radical (unpaired) electrons. The first-order valence-electron chi connectivity index (χ1n) is 7.21. The Labute approximate surface area is 123 Å². The summed E-state index contributed by atoms with van der Waals surface area (Å²) >= 11 is 5.94. The molecule has 0 aliphatic heterocycles. The fourth-order valence-corrected chi connectivity index (χ4v) is 2.51. The van der Waals surface area contributed by atoms with Crippen LogP contribution < -0.4 is 5.32 Å². The van der Waals surface area contributed by atoms with Gasteiger partial charge in [-0.2, -0.15) is 0 Å². The fraction of sp³-hybridized carbons (Fsp3) is 0.625. The minimum Gasteiger partial charge on any atom is -0.313 e. The standard InChI is InChI=1S/C16H27ClN2/c1-5-19(12-13(2)3)11-10-16(18-4)14-6-8-15(17)9-7-14/h6-9,13,16,18H,5,10-12H2,1-4H3. The molecule has 0 saturated carbocycles. The molecule has 1 rings (SSSR count). The Morgan fingerprint density at radius 3 is 2.32 bits per heavy atom. The van der Waals surface area contributed by atoms with Crippen molar-refractivity contribution in [3.05, 3.63) is 34.9 Å². The molecular formula is C16H27ClN2. The number of rotatable bonds is 8. The molecule has 0 heterocycles. The van der Waals surface area contributed by atoms with E-state index in [9.17, 15) is 0 Å². The molecule has 0 fully saturated rings. The summed E-state index contributed by atoms with van der Waals surface area (Å²) in [6.45, 7) is 10.2. The van der Waals surface area contributed by atoms with Crippen LogP contribution in [0.3, 0.4) is 0 Å². The predicted molar refractivity (Wildman–Crippen MR) is 84.8 cm³/mol. The normalized spacial score (nSPS) is 13.2. The van der Waals surface area contributed by atoms with E-state index in [4.69, 9.17) is 11.6 Å². The van der Waals surface area contributed by atoms with Crippen LogP contribution in [0.1, 0.15) is 38.8 Å². The van der Waals surface area contributed by atoms with Crippen LogP contribution in [0.25, 0.3) is 0 Å². The molecule has 0 saturated heterocycles. The van der Waals surface area contributed by atoms with Gasteiger partial charge >= 0.3 is 0 Å². The van der Waals surface area contributed by atoms with Gasteiger partial charge < -0.3 is 10.2 Å². The Morgan fingerprint density at radius 2 is 1.84 bits per heavy atom. The summed E-state index contributed by atoms with van der Waals surface area (Å²) in [5.74, 6) is 0.725. The Morgan fingerprint density at radius 1 is 1.21 bits per heavy atom. The van der Waals surface area contributed by atoms with Crippen molar-refractivity contribution in [2.75, 3.05) is 26.7 Å². The molecule has 1 aromatic rings. The number of hydrogen-bond acceptors (Lipinski definition) is 2. The van der Waals surface area contributed by atoms with Crippen molar-refractivity contribution in [1.29, 1.82) is 0 Å². The second kappa shape index (κ2) is 8.57. The maximum atomic E-state index is 5.94. The van der Waals surface area contributed by atoms with Crippen molar-refractivity contribution in [2.45, 2.75) is 33.2 Å². The lowest BCUT2D eigenvalue weighted by atomic mass is 10.0. The maximum absolute atomic E-state index is 5.94. The van der Waals surface area contributed by atoms with Gasteiger partial charge in [-0.1, -0.05) is 44.5 Å². The zero-order valence-corrected chi connectivity index (χ0v) is 13.4. The summed E-state index contributed by atoms with van der Waals surface area (Å²) in [5, 5.41) is 4.20. The van der Waals surface area contributed by atoms with E-state index in [1.807, 2.05) is 19.2 Å². The van der Waals surface area contributed by atoms with Crippen molar-refractivity contribution in [3.8, 4) is 0 Å². The minimum absolute atomic E-state index is 0.401. The molecule has 1 aromatic carbocycles. The number of halogens is 1. The third-order valence-corrected chi connectivity index (χ3v) is 3.68. The number of hydrogen-bond donors (Lipinski definition) is 1. The van der Waals surface area contributed by atoms with E-state index in [-0.39, 0.29) is 0 Å². The minimum atomic E-state index is 0.401. The molecule has 1 N–H and O–H groups in total. The highest BCUT2D eigenvalue weighted by Gasteiger charge is 2.12. The summed E-state index contributed by atoms with van der Waals surface area (Å²) in [6.07, 6.45) is 1.12. The first kappa shape index (κ1) is 16.5. The van der Waals surface area contributed by atoms with Gasteiger partial charge in [0.15, 0.2) is 0 Å². The quantitative estimate of drug-likeness (QED) is 0.776. The lowest BCUT2D eigenvalue weighted by Gasteiger charge is -2.25. The van der Waals surface area contributed by atoms with Crippen LogP contribution in [0.5, 0.6) is 0 Å². The maximum Gasteiger partial charge on any atom is 0.0406 e. The van der Waals surface area contributed by atoms with Gasteiger partial charge in [-0.15, -0.1) is 0 Å². The van der Waals surface area contributed by atoms with E-state index in [2.05, 4.69) is 43.1 Å². The van der Waals surface area contributed by atoms with Crippen LogP contribution in [0.15, 0.2) is 24.3 Å². The molecule has 2 nitrogen and oxygen atoms in total. The Bertz CT molecular complexity index is 348. The fourth-order valence-electron chi connectivity index (χ4n) is 2.38. The number of nitrogens with zero attached hydrogens (tertiary/aromatic N) is 1. The molecule has 0 aliphatic rings. The molecule has 19 heavy (non-hydrogen) atoms. The molecule has 0 spiro atoms. The molecule has 1 unspecified atom stereocenters. The van der Waals surface area contributed by atoms with E-state index in [1.165, 1.54) is 12.1 Å². The zero-order chi connectivity index (χ0) is 14.3. The van der Waals surface area contributed by atoms with Crippen LogP contribution in [0.2, 0.25) is 5.02 Å². The molecule has 108 valence electrons. The summed E-state index contributed by atoms with van der Waals surface area (Å²) in [6, 6.07) is 8.56. The third-order valence-electron chi connectivity index (χ3n) is 3.43. The lowest BCUT2D eigenvalue weighted by molar-refractivity contribution is 0.243. The average Bonchev–Trinajstić information content (AvgIpc) is 2.39. The predicted octanol–water partition coefficient (Wildman–Crippen LogP) is 3.97. The molecular weight excluding hydrogens is 256 g/mol.